The summed E-state index contributed by atoms with van der Waals surface area (Å²) in [4.78, 5) is 0. The van der Waals surface area contributed by atoms with E-state index >= 15 is 0 Å². The van der Waals surface area contributed by atoms with Crippen molar-refractivity contribution in [3.8, 4) is 0 Å². The second-order valence-corrected chi connectivity index (χ2v) is 5.35. The first kappa shape index (κ1) is 15.1. The van der Waals surface area contributed by atoms with Gasteiger partial charge in [0.15, 0.2) is 0 Å². The van der Waals surface area contributed by atoms with Crippen LogP contribution in [0.2, 0.25) is 0 Å². The van der Waals surface area contributed by atoms with Gasteiger partial charge in [-0.25, -0.2) is 0 Å². The third-order valence-electron chi connectivity index (χ3n) is 2.21. The SMILES string of the molecule is CC(C)COCCOCc1cn(CC(C)C)nn1. The Labute approximate surface area is 109 Å². The fourth-order valence-electron chi connectivity index (χ4n) is 1.48. The second kappa shape index (κ2) is 8.21. The summed E-state index contributed by atoms with van der Waals surface area (Å²) in [6, 6.07) is 0. The highest BCUT2D eigenvalue weighted by Gasteiger charge is 2.02. The van der Waals surface area contributed by atoms with Crippen molar-refractivity contribution in [2.45, 2.75) is 40.8 Å². The smallest absolute Gasteiger partial charge is 0.108 e. The summed E-state index contributed by atoms with van der Waals surface area (Å²) in [5.41, 5.74) is 0.875. The van der Waals surface area contributed by atoms with Gasteiger partial charge in [-0.3, -0.25) is 4.68 Å². The maximum atomic E-state index is 5.48. The van der Waals surface area contributed by atoms with Crippen molar-refractivity contribution in [1.29, 1.82) is 0 Å². The first-order valence-electron chi connectivity index (χ1n) is 6.62. The van der Waals surface area contributed by atoms with Crippen LogP contribution in [0.3, 0.4) is 0 Å². The zero-order chi connectivity index (χ0) is 13.4. The first-order valence-corrected chi connectivity index (χ1v) is 6.62. The monoisotopic (exact) mass is 255 g/mol. The quantitative estimate of drug-likeness (QED) is 0.634. The van der Waals surface area contributed by atoms with Crippen LogP contribution in [0.5, 0.6) is 0 Å². The maximum absolute atomic E-state index is 5.48. The average molecular weight is 255 g/mol. The highest BCUT2D eigenvalue weighted by atomic mass is 16.5. The Balaban J connectivity index is 2.10. The van der Waals surface area contributed by atoms with Gasteiger partial charge in [-0.2, -0.15) is 0 Å². The van der Waals surface area contributed by atoms with Gasteiger partial charge in [-0.15, -0.1) is 5.10 Å². The summed E-state index contributed by atoms with van der Waals surface area (Å²) in [5, 5.41) is 8.11. The second-order valence-electron chi connectivity index (χ2n) is 5.35. The predicted octanol–water partition coefficient (Wildman–Crippen LogP) is 2.12. The molecule has 1 aromatic rings. The molecule has 5 nitrogen and oxygen atoms in total. The lowest BCUT2D eigenvalue weighted by Crippen LogP contribution is -2.08. The van der Waals surface area contributed by atoms with E-state index in [2.05, 4.69) is 38.0 Å². The third-order valence-corrected chi connectivity index (χ3v) is 2.21. The summed E-state index contributed by atoms with van der Waals surface area (Å²) in [7, 11) is 0. The minimum Gasteiger partial charge on any atom is -0.379 e. The van der Waals surface area contributed by atoms with Crippen molar-refractivity contribution in [3.05, 3.63) is 11.9 Å². The van der Waals surface area contributed by atoms with Crippen molar-refractivity contribution in [1.82, 2.24) is 15.0 Å². The van der Waals surface area contributed by atoms with E-state index in [1.165, 1.54) is 0 Å². The summed E-state index contributed by atoms with van der Waals surface area (Å²) in [5.74, 6) is 1.14. The number of hydrogen-bond donors (Lipinski definition) is 0. The van der Waals surface area contributed by atoms with Crippen molar-refractivity contribution < 1.29 is 9.47 Å². The van der Waals surface area contributed by atoms with Crippen LogP contribution >= 0.6 is 0 Å². The highest BCUT2D eigenvalue weighted by Crippen LogP contribution is 2.00. The van der Waals surface area contributed by atoms with E-state index in [1.807, 2.05) is 10.9 Å². The Morgan fingerprint density at radius 1 is 1.11 bits per heavy atom. The fraction of sp³-hybridized carbons (Fsp3) is 0.846. The van der Waals surface area contributed by atoms with Crippen LogP contribution < -0.4 is 0 Å². The van der Waals surface area contributed by atoms with E-state index in [-0.39, 0.29) is 0 Å². The van der Waals surface area contributed by atoms with Gasteiger partial charge in [-0.1, -0.05) is 32.9 Å². The molecule has 1 aromatic heterocycles. The van der Waals surface area contributed by atoms with Gasteiger partial charge in [0, 0.05) is 13.2 Å². The molecule has 0 bridgehead atoms. The van der Waals surface area contributed by atoms with Gasteiger partial charge >= 0.3 is 0 Å². The maximum Gasteiger partial charge on any atom is 0.108 e. The summed E-state index contributed by atoms with van der Waals surface area (Å²) >= 11 is 0. The van der Waals surface area contributed by atoms with Crippen molar-refractivity contribution >= 4 is 0 Å². The number of ether oxygens (including phenoxy) is 2. The molecule has 0 N–H and O–H groups in total. The number of hydrogen-bond acceptors (Lipinski definition) is 4. The molecule has 0 saturated carbocycles. The third kappa shape index (κ3) is 6.71. The Morgan fingerprint density at radius 3 is 2.50 bits per heavy atom. The molecule has 0 spiro atoms. The van der Waals surface area contributed by atoms with Gasteiger partial charge < -0.3 is 9.47 Å². The van der Waals surface area contributed by atoms with Gasteiger partial charge in [0.05, 0.1) is 26.0 Å². The molecule has 104 valence electrons. The molecule has 18 heavy (non-hydrogen) atoms. The number of rotatable bonds is 9. The van der Waals surface area contributed by atoms with E-state index in [0.717, 1.165) is 18.8 Å². The lowest BCUT2D eigenvalue weighted by atomic mass is 10.2. The molecule has 0 aliphatic carbocycles. The fourth-order valence-corrected chi connectivity index (χ4v) is 1.48. The van der Waals surface area contributed by atoms with Crippen LogP contribution in [0, 0.1) is 11.8 Å². The summed E-state index contributed by atoms with van der Waals surface area (Å²) in [6.07, 6.45) is 1.94. The molecular weight excluding hydrogens is 230 g/mol. The predicted molar refractivity (Wildman–Crippen MR) is 70.2 cm³/mol. The summed E-state index contributed by atoms with van der Waals surface area (Å²) in [6.45, 7) is 12.0. The van der Waals surface area contributed by atoms with Crippen LogP contribution in [0.25, 0.3) is 0 Å². The molecule has 0 amide bonds. The van der Waals surface area contributed by atoms with E-state index in [4.69, 9.17) is 9.47 Å². The molecule has 0 aliphatic rings. The van der Waals surface area contributed by atoms with Gasteiger partial charge in [0.2, 0.25) is 0 Å². The lowest BCUT2D eigenvalue weighted by molar-refractivity contribution is 0.0305. The minimum atomic E-state index is 0.503. The van der Waals surface area contributed by atoms with Crippen molar-refractivity contribution in [2.75, 3.05) is 19.8 Å². The molecule has 5 heteroatoms. The molecule has 0 saturated heterocycles. The van der Waals surface area contributed by atoms with Gasteiger partial charge in [0.25, 0.3) is 0 Å². The largest absolute Gasteiger partial charge is 0.379 e. The minimum absolute atomic E-state index is 0.503. The standard InChI is InChI=1S/C13H25N3O2/c1-11(2)7-16-8-13(14-15-16)10-18-6-5-17-9-12(3)4/h8,11-12H,5-7,9-10H2,1-4H3. The zero-order valence-corrected chi connectivity index (χ0v) is 11.9. The Hall–Kier alpha value is -0.940. The van der Waals surface area contributed by atoms with Crippen molar-refractivity contribution in [2.24, 2.45) is 11.8 Å². The molecule has 0 fully saturated rings. The van der Waals surface area contributed by atoms with E-state index in [0.29, 0.717) is 31.7 Å². The van der Waals surface area contributed by atoms with Crippen LogP contribution in [-0.2, 0) is 22.6 Å². The molecule has 0 atom stereocenters. The molecule has 0 unspecified atom stereocenters. The Morgan fingerprint density at radius 2 is 1.83 bits per heavy atom. The topological polar surface area (TPSA) is 49.2 Å². The average Bonchev–Trinajstić information content (AvgIpc) is 2.69. The molecule has 1 heterocycles. The van der Waals surface area contributed by atoms with Crippen molar-refractivity contribution in [3.63, 3.8) is 0 Å². The molecule has 0 aromatic carbocycles. The zero-order valence-electron chi connectivity index (χ0n) is 11.9. The van der Waals surface area contributed by atoms with Crippen LogP contribution in [0.4, 0.5) is 0 Å². The normalized spacial score (nSPS) is 11.7. The van der Waals surface area contributed by atoms with Gasteiger partial charge in [-0.05, 0) is 11.8 Å². The van der Waals surface area contributed by atoms with E-state index < -0.39 is 0 Å². The van der Waals surface area contributed by atoms with E-state index in [1.54, 1.807) is 0 Å². The Bertz CT molecular complexity index is 324. The summed E-state index contributed by atoms with van der Waals surface area (Å²) < 4.78 is 12.8. The molecule has 0 aliphatic heterocycles. The number of aromatic nitrogens is 3. The van der Waals surface area contributed by atoms with Crippen LogP contribution in [-0.4, -0.2) is 34.8 Å². The molecule has 0 radical (unpaired) electrons. The van der Waals surface area contributed by atoms with Crippen LogP contribution in [0.15, 0.2) is 6.20 Å². The molecule has 1 rings (SSSR count). The molecular formula is C13H25N3O2. The number of nitrogens with zero attached hydrogens (tertiary/aromatic N) is 3. The van der Waals surface area contributed by atoms with Gasteiger partial charge in [0.1, 0.15) is 5.69 Å². The highest BCUT2D eigenvalue weighted by molar-refractivity contribution is 4.89. The lowest BCUT2D eigenvalue weighted by Gasteiger charge is -2.06. The first-order chi connectivity index (χ1) is 8.58. The Kier molecular flexibility index (Phi) is 6.90. The van der Waals surface area contributed by atoms with E-state index in [9.17, 15) is 0 Å². The van der Waals surface area contributed by atoms with Crippen LogP contribution in [0.1, 0.15) is 33.4 Å².